The van der Waals surface area contributed by atoms with Gasteiger partial charge in [0, 0.05) is 18.8 Å². The van der Waals surface area contributed by atoms with Crippen molar-refractivity contribution in [2.24, 2.45) is 0 Å². The summed E-state index contributed by atoms with van der Waals surface area (Å²) in [7, 11) is 3.41. The van der Waals surface area contributed by atoms with E-state index in [4.69, 9.17) is 16.3 Å². The van der Waals surface area contributed by atoms with Gasteiger partial charge in [0.15, 0.2) is 5.16 Å². The lowest BCUT2D eigenvalue weighted by atomic mass is 10.3. The minimum absolute atomic E-state index is 0.547. The number of rotatable bonds is 5. The van der Waals surface area contributed by atoms with Gasteiger partial charge in [0.1, 0.15) is 17.4 Å². The summed E-state index contributed by atoms with van der Waals surface area (Å²) in [6.45, 7) is 0. The van der Waals surface area contributed by atoms with Crippen LogP contribution < -0.4 is 15.4 Å². The average molecular weight is 311 g/mol. The van der Waals surface area contributed by atoms with Gasteiger partial charge in [0.05, 0.1) is 12.1 Å². The number of hydrogen-bond acceptors (Lipinski definition) is 6. The summed E-state index contributed by atoms with van der Waals surface area (Å²) in [4.78, 5) is 8.71. The molecule has 1 aromatic heterocycles. The number of halogens is 1. The van der Waals surface area contributed by atoms with Crippen molar-refractivity contribution in [1.82, 2.24) is 9.97 Å². The molecule has 0 unspecified atom stereocenters. The molecule has 0 aliphatic heterocycles. The Bertz CT molecular complexity index is 587. The second-order valence-electron chi connectivity index (χ2n) is 3.85. The van der Waals surface area contributed by atoms with Crippen molar-refractivity contribution in [3.05, 3.63) is 29.3 Å². The fourth-order valence-corrected chi connectivity index (χ4v) is 2.24. The highest BCUT2D eigenvalue weighted by Gasteiger charge is 2.06. The molecule has 106 valence electrons. The van der Waals surface area contributed by atoms with E-state index in [9.17, 15) is 0 Å². The Balaban J connectivity index is 2.27. The Kier molecular flexibility index (Phi) is 4.92. The molecule has 1 aromatic carbocycles. The van der Waals surface area contributed by atoms with Crippen molar-refractivity contribution < 1.29 is 4.74 Å². The Morgan fingerprint density at radius 3 is 2.55 bits per heavy atom. The topological polar surface area (TPSA) is 59.1 Å². The van der Waals surface area contributed by atoms with E-state index in [0.717, 1.165) is 11.5 Å². The molecule has 0 amide bonds. The molecule has 0 fully saturated rings. The molecule has 5 nitrogen and oxygen atoms in total. The zero-order chi connectivity index (χ0) is 14.5. The largest absolute Gasteiger partial charge is 0.495 e. The molecule has 0 bridgehead atoms. The molecule has 0 spiro atoms. The van der Waals surface area contributed by atoms with Crippen LogP contribution in [0.15, 0.2) is 29.4 Å². The zero-order valence-corrected chi connectivity index (χ0v) is 13.0. The van der Waals surface area contributed by atoms with Crippen LogP contribution in [0.2, 0.25) is 5.02 Å². The predicted molar refractivity (Wildman–Crippen MR) is 84.6 cm³/mol. The lowest BCUT2D eigenvalue weighted by molar-refractivity contribution is 0.415. The van der Waals surface area contributed by atoms with Crippen molar-refractivity contribution in [3.8, 4) is 5.75 Å². The maximum atomic E-state index is 6.10. The average Bonchev–Trinajstić information content (AvgIpc) is 2.47. The van der Waals surface area contributed by atoms with Crippen LogP contribution in [0.25, 0.3) is 0 Å². The number of benzene rings is 1. The summed E-state index contributed by atoms with van der Waals surface area (Å²) in [5, 5.41) is 7.45. The molecule has 1 heterocycles. The van der Waals surface area contributed by atoms with Crippen LogP contribution in [0.3, 0.4) is 0 Å². The Labute approximate surface area is 127 Å². The Morgan fingerprint density at radius 2 is 1.95 bits per heavy atom. The third-order valence-corrected chi connectivity index (χ3v) is 3.41. The van der Waals surface area contributed by atoms with Crippen LogP contribution in [0.1, 0.15) is 0 Å². The fraction of sp³-hybridized carbons (Fsp3) is 0.231. The van der Waals surface area contributed by atoms with Gasteiger partial charge >= 0.3 is 0 Å². The molecular formula is C13H15ClN4OS. The number of nitrogens with one attached hydrogen (secondary N) is 2. The van der Waals surface area contributed by atoms with Crippen LogP contribution in [0.4, 0.5) is 17.3 Å². The third-order valence-electron chi connectivity index (χ3n) is 2.57. The van der Waals surface area contributed by atoms with Gasteiger partial charge in [-0.3, -0.25) is 0 Å². The van der Waals surface area contributed by atoms with Gasteiger partial charge in [-0.05, 0) is 24.5 Å². The number of ether oxygens (including phenoxy) is 1. The summed E-state index contributed by atoms with van der Waals surface area (Å²) >= 11 is 7.58. The first-order valence-corrected chi connectivity index (χ1v) is 7.48. The summed E-state index contributed by atoms with van der Waals surface area (Å²) in [6, 6.07) is 7.31. The second-order valence-corrected chi connectivity index (χ2v) is 5.03. The standard InChI is InChI=1S/C13H15ClN4OS/c1-15-11-7-12(18-13(17-11)20-3)16-8-4-5-10(19-2)9(14)6-8/h4-7H,1-3H3,(H2,15,16,17,18). The fourth-order valence-electron chi connectivity index (χ4n) is 1.60. The van der Waals surface area contributed by atoms with E-state index in [2.05, 4.69) is 20.6 Å². The lowest BCUT2D eigenvalue weighted by Crippen LogP contribution is -2.00. The molecule has 2 rings (SSSR count). The van der Waals surface area contributed by atoms with Gasteiger partial charge in [-0.25, -0.2) is 9.97 Å². The van der Waals surface area contributed by atoms with Gasteiger partial charge in [0.25, 0.3) is 0 Å². The number of hydrogen-bond donors (Lipinski definition) is 2. The molecule has 0 radical (unpaired) electrons. The molecule has 0 aliphatic carbocycles. The minimum atomic E-state index is 0.547. The molecule has 0 aliphatic rings. The number of thioether (sulfide) groups is 1. The normalized spacial score (nSPS) is 10.2. The van der Waals surface area contributed by atoms with Gasteiger partial charge in [-0.15, -0.1) is 0 Å². The summed E-state index contributed by atoms with van der Waals surface area (Å²) < 4.78 is 5.12. The first-order chi connectivity index (χ1) is 9.66. The molecule has 0 saturated heterocycles. The van der Waals surface area contributed by atoms with Crippen LogP contribution >= 0.6 is 23.4 Å². The summed E-state index contributed by atoms with van der Waals surface area (Å²) in [5.41, 5.74) is 0.837. The van der Waals surface area contributed by atoms with Crippen LogP contribution in [0, 0.1) is 0 Å². The Morgan fingerprint density at radius 1 is 1.20 bits per heavy atom. The van der Waals surface area contributed by atoms with Crippen LogP contribution in [-0.2, 0) is 0 Å². The van der Waals surface area contributed by atoms with Gasteiger partial charge in [-0.1, -0.05) is 23.4 Å². The Hall–Kier alpha value is -1.66. The SMILES string of the molecule is CNc1cc(Nc2ccc(OC)c(Cl)c2)nc(SC)n1. The van der Waals surface area contributed by atoms with E-state index < -0.39 is 0 Å². The van der Waals surface area contributed by atoms with E-state index in [0.29, 0.717) is 21.7 Å². The quantitative estimate of drug-likeness (QED) is 0.649. The first kappa shape index (κ1) is 14.7. The van der Waals surface area contributed by atoms with Gasteiger partial charge < -0.3 is 15.4 Å². The predicted octanol–water partition coefficient (Wildman–Crippen LogP) is 3.65. The smallest absolute Gasteiger partial charge is 0.191 e. The van der Waals surface area contributed by atoms with E-state index >= 15 is 0 Å². The first-order valence-electron chi connectivity index (χ1n) is 5.87. The van der Waals surface area contributed by atoms with Crippen molar-refractivity contribution >= 4 is 40.7 Å². The van der Waals surface area contributed by atoms with Crippen molar-refractivity contribution in [3.63, 3.8) is 0 Å². The maximum absolute atomic E-state index is 6.10. The molecule has 2 N–H and O–H groups in total. The van der Waals surface area contributed by atoms with E-state index in [1.807, 2.05) is 25.4 Å². The van der Waals surface area contributed by atoms with E-state index in [1.54, 1.807) is 19.2 Å². The lowest BCUT2D eigenvalue weighted by Gasteiger charge is -2.10. The van der Waals surface area contributed by atoms with Crippen LogP contribution in [-0.4, -0.2) is 30.4 Å². The monoisotopic (exact) mass is 310 g/mol. The highest BCUT2D eigenvalue weighted by molar-refractivity contribution is 7.98. The molecule has 0 atom stereocenters. The number of nitrogens with zero attached hydrogens (tertiary/aromatic N) is 2. The van der Waals surface area contributed by atoms with Crippen LogP contribution in [0.5, 0.6) is 5.75 Å². The number of anilines is 3. The zero-order valence-electron chi connectivity index (χ0n) is 11.4. The number of methoxy groups -OCH3 is 1. The molecular weight excluding hydrogens is 296 g/mol. The van der Waals surface area contributed by atoms with E-state index in [-0.39, 0.29) is 0 Å². The number of aromatic nitrogens is 2. The third kappa shape index (κ3) is 3.46. The second kappa shape index (κ2) is 6.67. The molecule has 7 heteroatoms. The van der Waals surface area contributed by atoms with E-state index in [1.165, 1.54) is 11.8 Å². The molecule has 2 aromatic rings. The molecule has 20 heavy (non-hydrogen) atoms. The minimum Gasteiger partial charge on any atom is -0.495 e. The summed E-state index contributed by atoms with van der Waals surface area (Å²) in [6.07, 6.45) is 1.93. The van der Waals surface area contributed by atoms with Crippen molar-refractivity contribution in [2.75, 3.05) is 31.0 Å². The highest BCUT2D eigenvalue weighted by atomic mass is 35.5. The maximum Gasteiger partial charge on any atom is 0.191 e. The summed E-state index contributed by atoms with van der Waals surface area (Å²) in [5.74, 6) is 2.10. The van der Waals surface area contributed by atoms with Crippen molar-refractivity contribution in [1.29, 1.82) is 0 Å². The van der Waals surface area contributed by atoms with Gasteiger partial charge in [0.2, 0.25) is 0 Å². The van der Waals surface area contributed by atoms with Gasteiger partial charge in [-0.2, -0.15) is 0 Å². The highest BCUT2D eigenvalue weighted by Crippen LogP contribution is 2.29. The molecule has 0 saturated carbocycles. The van der Waals surface area contributed by atoms with Crippen molar-refractivity contribution in [2.45, 2.75) is 5.16 Å².